The van der Waals surface area contributed by atoms with Gasteiger partial charge in [-0.05, 0) is 48.4 Å². The minimum atomic E-state index is -3.27. The van der Waals surface area contributed by atoms with Gasteiger partial charge in [0.2, 0.25) is 0 Å². The van der Waals surface area contributed by atoms with Crippen LogP contribution in [0, 0.1) is 5.92 Å². The van der Waals surface area contributed by atoms with Crippen LogP contribution in [0.2, 0.25) is 0 Å². The summed E-state index contributed by atoms with van der Waals surface area (Å²) in [4.78, 5) is 0.163. The molecule has 25 heavy (non-hydrogen) atoms. The molecule has 0 saturated carbocycles. The standard InChI is InChI=1S/C18H25N3O3S/c1-13-3-4-15-8-16(6-5-14(15)7-13)19-9-17(22)11-21-12-18(10-20-21)25(2,23)24/h5-6,8,10,12-13,17,19,22H,3-4,7,9,11H2,1-2H3. The molecule has 0 radical (unpaired) electrons. The average molecular weight is 363 g/mol. The summed E-state index contributed by atoms with van der Waals surface area (Å²) in [6.45, 7) is 2.91. The highest BCUT2D eigenvalue weighted by Gasteiger charge is 2.16. The van der Waals surface area contributed by atoms with Gasteiger partial charge in [0, 0.05) is 24.7 Å². The smallest absolute Gasteiger partial charge is 0.178 e. The molecule has 0 spiro atoms. The second kappa shape index (κ2) is 7.17. The van der Waals surface area contributed by atoms with Crippen LogP contribution in [-0.4, -0.2) is 42.2 Å². The number of aryl methyl sites for hydroxylation is 1. The molecule has 1 heterocycles. The number of hydrogen-bond donors (Lipinski definition) is 2. The van der Waals surface area contributed by atoms with Crippen molar-refractivity contribution in [3.63, 3.8) is 0 Å². The molecule has 136 valence electrons. The molecule has 2 aromatic rings. The lowest BCUT2D eigenvalue weighted by Crippen LogP contribution is -2.25. The number of nitrogens with zero attached hydrogens (tertiary/aromatic N) is 2. The van der Waals surface area contributed by atoms with E-state index >= 15 is 0 Å². The minimum absolute atomic E-state index is 0.163. The molecule has 1 aliphatic rings. The third kappa shape index (κ3) is 4.61. The fraction of sp³-hybridized carbons (Fsp3) is 0.500. The summed E-state index contributed by atoms with van der Waals surface area (Å²) in [7, 11) is -3.27. The number of aliphatic hydroxyl groups excluding tert-OH is 1. The number of fused-ring (bicyclic) bond motifs is 1. The van der Waals surface area contributed by atoms with Gasteiger partial charge in [-0.25, -0.2) is 8.42 Å². The first kappa shape index (κ1) is 17.9. The van der Waals surface area contributed by atoms with E-state index in [1.165, 1.54) is 34.6 Å². The Morgan fingerprint density at radius 2 is 2.20 bits per heavy atom. The van der Waals surface area contributed by atoms with Gasteiger partial charge in [-0.3, -0.25) is 4.68 Å². The molecular formula is C18H25N3O3S. The fourth-order valence-electron chi connectivity index (χ4n) is 3.20. The van der Waals surface area contributed by atoms with Crippen LogP contribution in [-0.2, 0) is 29.2 Å². The zero-order chi connectivity index (χ0) is 18.0. The van der Waals surface area contributed by atoms with E-state index in [2.05, 4.69) is 35.5 Å². The SMILES string of the molecule is CC1CCc2cc(NCC(O)Cn3cc(S(C)(=O)=O)cn3)ccc2C1. The maximum absolute atomic E-state index is 11.5. The molecule has 1 aromatic heterocycles. The fourth-order valence-corrected chi connectivity index (χ4v) is 3.75. The highest BCUT2D eigenvalue weighted by Crippen LogP contribution is 2.27. The number of anilines is 1. The van der Waals surface area contributed by atoms with E-state index in [-0.39, 0.29) is 11.4 Å². The second-order valence-electron chi connectivity index (χ2n) is 7.04. The van der Waals surface area contributed by atoms with Crippen molar-refractivity contribution >= 4 is 15.5 Å². The summed E-state index contributed by atoms with van der Waals surface area (Å²) in [5.74, 6) is 0.749. The summed E-state index contributed by atoms with van der Waals surface area (Å²) in [6.07, 6.45) is 6.70. The van der Waals surface area contributed by atoms with Gasteiger partial charge < -0.3 is 10.4 Å². The third-order valence-electron chi connectivity index (χ3n) is 4.66. The van der Waals surface area contributed by atoms with Crippen molar-refractivity contribution in [3.8, 4) is 0 Å². The van der Waals surface area contributed by atoms with Gasteiger partial charge >= 0.3 is 0 Å². The Kier molecular flexibility index (Phi) is 5.15. The van der Waals surface area contributed by atoms with E-state index in [4.69, 9.17) is 0 Å². The van der Waals surface area contributed by atoms with Crippen LogP contribution in [0.4, 0.5) is 5.69 Å². The van der Waals surface area contributed by atoms with E-state index in [9.17, 15) is 13.5 Å². The lowest BCUT2D eigenvalue weighted by atomic mass is 9.85. The molecule has 0 fully saturated rings. The van der Waals surface area contributed by atoms with Gasteiger partial charge in [0.1, 0.15) is 4.90 Å². The van der Waals surface area contributed by atoms with Crippen LogP contribution >= 0.6 is 0 Å². The molecule has 6 nitrogen and oxygen atoms in total. The van der Waals surface area contributed by atoms with E-state index < -0.39 is 15.9 Å². The number of hydrogen-bond acceptors (Lipinski definition) is 5. The number of nitrogens with one attached hydrogen (secondary N) is 1. The Bertz CT molecular complexity index is 845. The van der Waals surface area contributed by atoms with E-state index in [1.807, 2.05) is 0 Å². The molecule has 1 aromatic carbocycles. The monoisotopic (exact) mass is 363 g/mol. The zero-order valence-electron chi connectivity index (χ0n) is 14.6. The van der Waals surface area contributed by atoms with Crippen LogP contribution in [0.15, 0.2) is 35.5 Å². The first-order chi connectivity index (χ1) is 11.8. The summed E-state index contributed by atoms with van der Waals surface area (Å²) >= 11 is 0. The Morgan fingerprint density at radius 3 is 2.92 bits per heavy atom. The quantitative estimate of drug-likeness (QED) is 0.819. The van der Waals surface area contributed by atoms with Gasteiger partial charge in [0.05, 0.1) is 18.8 Å². The maximum Gasteiger partial charge on any atom is 0.178 e. The second-order valence-corrected chi connectivity index (χ2v) is 9.05. The van der Waals surface area contributed by atoms with Crippen LogP contribution in [0.1, 0.15) is 24.5 Å². The molecule has 2 unspecified atom stereocenters. The lowest BCUT2D eigenvalue weighted by Gasteiger charge is -2.22. The number of aromatic nitrogens is 2. The number of sulfone groups is 1. The lowest BCUT2D eigenvalue weighted by molar-refractivity contribution is 0.161. The molecule has 0 saturated heterocycles. The van der Waals surface area contributed by atoms with Crippen molar-refractivity contribution in [1.82, 2.24) is 9.78 Å². The molecule has 7 heteroatoms. The average Bonchev–Trinajstić information content (AvgIpc) is 3.01. The number of rotatable bonds is 6. The Morgan fingerprint density at radius 1 is 1.40 bits per heavy atom. The molecule has 2 atom stereocenters. The Hall–Kier alpha value is -1.86. The Labute approximate surface area is 148 Å². The van der Waals surface area contributed by atoms with Crippen molar-refractivity contribution in [3.05, 3.63) is 41.7 Å². The van der Waals surface area contributed by atoms with Crippen molar-refractivity contribution in [1.29, 1.82) is 0 Å². The molecule has 0 bridgehead atoms. The number of aliphatic hydroxyl groups is 1. The van der Waals surface area contributed by atoms with Crippen LogP contribution in [0.5, 0.6) is 0 Å². The highest BCUT2D eigenvalue weighted by atomic mass is 32.2. The topological polar surface area (TPSA) is 84.2 Å². The molecule has 2 N–H and O–H groups in total. The molecule has 1 aliphatic carbocycles. The van der Waals surface area contributed by atoms with Gasteiger partial charge in [0.15, 0.2) is 9.84 Å². The summed E-state index contributed by atoms with van der Waals surface area (Å²) in [5, 5.41) is 17.4. The predicted molar refractivity (Wildman–Crippen MR) is 97.5 cm³/mol. The normalized spacial score (nSPS) is 18.6. The van der Waals surface area contributed by atoms with Crippen molar-refractivity contribution in [2.24, 2.45) is 5.92 Å². The van der Waals surface area contributed by atoms with Crippen LogP contribution in [0.3, 0.4) is 0 Å². The van der Waals surface area contributed by atoms with E-state index in [1.54, 1.807) is 0 Å². The first-order valence-electron chi connectivity index (χ1n) is 8.57. The van der Waals surface area contributed by atoms with Gasteiger partial charge in [0.25, 0.3) is 0 Å². The van der Waals surface area contributed by atoms with Crippen LogP contribution < -0.4 is 5.32 Å². The molecule has 3 rings (SSSR count). The first-order valence-corrected chi connectivity index (χ1v) is 10.5. The van der Waals surface area contributed by atoms with E-state index in [0.717, 1.165) is 30.7 Å². The van der Waals surface area contributed by atoms with Crippen LogP contribution in [0.25, 0.3) is 0 Å². The summed E-state index contributed by atoms with van der Waals surface area (Å²) in [5.41, 5.74) is 3.82. The summed E-state index contributed by atoms with van der Waals surface area (Å²) < 4.78 is 24.4. The predicted octanol–water partition coefficient (Wildman–Crippen LogP) is 1.88. The molecule has 0 amide bonds. The van der Waals surface area contributed by atoms with Gasteiger partial charge in [-0.15, -0.1) is 0 Å². The van der Waals surface area contributed by atoms with Crippen molar-refractivity contribution in [2.45, 2.75) is 43.7 Å². The minimum Gasteiger partial charge on any atom is -0.389 e. The molecule has 0 aliphatic heterocycles. The van der Waals surface area contributed by atoms with Gasteiger partial charge in [-0.2, -0.15) is 5.10 Å². The van der Waals surface area contributed by atoms with Gasteiger partial charge in [-0.1, -0.05) is 13.0 Å². The number of benzene rings is 1. The highest BCUT2D eigenvalue weighted by molar-refractivity contribution is 7.90. The third-order valence-corrected chi connectivity index (χ3v) is 5.73. The molecular weight excluding hydrogens is 338 g/mol. The Balaban J connectivity index is 1.56. The summed E-state index contributed by atoms with van der Waals surface area (Å²) in [6, 6.07) is 6.40. The van der Waals surface area contributed by atoms with E-state index in [0.29, 0.717) is 6.54 Å². The maximum atomic E-state index is 11.5. The van der Waals surface area contributed by atoms with Crippen molar-refractivity contribution < 1.29 is 13.5 Å². The zero-order valence-corrected chi connectivity index (χ0v) is 15.5. The largest absolute Gasteiger partial charge is 0.389 e. The van der Waals surface area contributed by atoms with Crippen molar-refractivity contribution in [2.75, 3.05) is 18.1 Å².